The first kappa shape index (κ1) is 16.3. The lowest BCUT2D eigenvalue weighted by atomic mass is 9.71. The summed E-state index contributed by atoms with van der Waals surface area (Å²) in [6.07, 6.45) is 0. The number of likely N-dealkylation sites (tertiary alicyclic amines) is 2. The summed E-state index contributed by atoms with van der Waals surface area (Å²) in [5, 5.41) is 8.23. The third-order valence-corrected chi connectivity index (χ3v) is 5.71. The van der Waals surface area contributed by atoms with Crippen LogP contribution in [0.3, 0.4) is 0 Å². The second-order valence-electron chi connectivity index (χ2n) is 7.73. The van der Waals surface area contributed by atoms with Crippen LogP contribution in [0.1, 0.15) is 39.2 Å². The van der Waals surface area contributed by atoms with Crippen LogP contribution in [-0.2, 0) is 0 Å². The number of amides is 1. The van der Waals surface area contributed by atoms with Crippen LogP contribution in [0, 0.1) is 26.2 Å². The van der Waals surface area contributed by atoms with Gasteiger partial charge in [-0.3, -0.25) is 4.79 Å². The molecule has 2 aliphatic rings. The van der Waals surface area contributed by atoms with Crippen LogP contribution < -0.4 is 0 Å². The molecule has 6 heteroatoms. The van der Waals surface area contributed by atoms with Crippen molar-refractivity contribution in [3.63, 3.8) is 0 Å². The molecule has 25 heavy (non-hydrogen) atoms. The number of aromatic nitrogens is 2. The molecule has 132 valence electrons. The fourth-order valence-corrected chi connectivity index (χ4v) is 4.25. The van der Waals surface area contributed by atoms with Gasteiger partial charge in [-0.05, 0) is 44.2 Å². The third-order valence-electron chi connectivity index (χ3n) is 5.71. The number of hydrogen-bond donors (Lipinski definition) is 0. The Morgan fingerprint density at radius 1 is 1.16 bits per heavy atom. The molecule has 2 aliphatic heterocycles. The van der Waals surface area contributed by atoms with Crippen LogP contribution in [0.2, 0.25) is 0 Å². The molecule has 2 saturated heterocycles. The van der Waals surface area contributed by atoms with Crippen LogP contribution >= 0.6 is 0 Å². The lowest BCUT2D eigenvalue weighted by Crippen LogP contribution is -2.61. The molecule has 1 aromatic heterocycles. The van der Waals surface area contributed by atoms with Gasteiger partial charge in [0, 0.05) is 44.1 Å². The summed E-state index contributed by atoms with van der Waals surface area (Å²) in [5.41, 5.74) is 3.17. The van der Waals surface area contributed by atoms with Crippen molar-refractivity contribution in [1.29, 1.82) is 0 Å². The molecule has 1 amide bonds. The molecule has 1 atom stereocenters. The van der Waals surface area contributed by atoms with Crippen LogP contribution in [0.15, 0.2) is 22.6 Å². The summed E-state index contributed by atoms with van der Waals surface area (Å²) in [6.45, 7) is 9.27. The molecule has 0 aliphatic carbocycles. The molecule has 3 heterocycles. The van der Waals surface area contributed by atoms with Crippen LogP contribution in [0.25, 0.3) is 0 Å². The molecular formula is C19H24N4O2. The van der Waals surface area contributed by atoms with Crippen molar-refractivity contribution in [2.75, 3.05) is 33.2 Å². The number of benzene rings is 1. The first-order valence-electron chi connectivity index (χ1n) is 8.73. The Hall–Kier alpha value is -2.21. The van der Waals surface area contributed by atoms with Gasteiger partial charge in [0.2, 0.25) is 11.8 Å². The Labute approximate surface area is 147 Å². The van der Waals surface area contributed by atoms with Crippen molar-refractivity contribution in [2.24, 2.45) is 5.41 Å². The molecule has 0 radical (unpaired) electrons. The molecular weight excluding hydrogens is 316 g/mol. The molecule has 1 spiro atoms. The molecule has 2 fully saturated rings. The van der Waals surface area contributed by atoms with Gasteiger partial charge in [-0.25, -0.2) is 0 Å². The normalized spacial score (nSPS) is 22.4. The van der Waals surface area contributed by atoms with Gasteiger partial charge < -0.3 is 14.2 Å². The minimum absolute atomic E-state index is 0.0309. The second kappa shape index (κ2) is 5.66. The predicted molar refractivity (Wildman–Crippen MR) is 93.5 cm³/mol. The molecule has 2 aromatic rings. The lowest BCUT2D eigenvalue weighted by Gasteiger charge is -2.50. The van der Waals surface area contributed by atoms with E-state index in [2.05, 4.69) is 29.1 Å². The van der Waals surface area contributed by atoms with E-state index in [1.165, 1.54) is 5.56 Å². The predicted octanol–water partition coefficient (Wildman–Crippen LogP) is 2.17. The van der Waals surface area contributed by atoms with E-state index in [1.54, 1.807) is 0 Å². The number of nitrogens with zero attached hydrogens (tertiary/aromatic N) is 4. The van der Waals surface area contributed by atoms with Gasteiger partial charge in [0.15, 0.2) is 0 Å². The van der Waals surface area contributed by atoms with Crippen LogP contribution in [-0.4, -0.2) is 59.1 Å². The van der Waals surface area contributed by atoms with Crippen molar-refractivity contribution < 1.29 is 9.21 Å². The largest absolute Gasteiger partial charge is 0.425 e. The van der Waals surface area contributed by atoms with Crippen molar-refractivity contribution >= 4 is 5.91 Å². The molecule has 1 aromatic carbocycles. The van der Waals surface area contributed by atoms with Gasteiger partial charge >= 0.3 is 0 Å². The number of carbonyl (C=O) groups is 1. The van der Waals surface area contributed by atoms with E-state index in [0.717, 1.165) is 37.3 Å². The smallest absolute Gasteiger partial charge is 0.253 e. The first-order valence-corrected chi connectivity index (χ1v) is 8.73. The Morgan fingerprint density at radius 3 is 2.56 bits per heavy atom. The first-order chi connectivity index (χ1) is 11.9. The molecule has 6 nitrogen and oxygen atoms in total. The Balaban J connectivity index is 1.52. The minimum atomic E-state index is 0.0309. The summed E-state index contributed by atoms with van der Waals surface area (Å²) in [7, 11) is 2.11. The Bertz CT molecular complexity index is 823. The van der Waals surface area contributed by atoms with E-state index in [4.69, 9.17) is 4.42 Å². The highest BCUT2D eigenvalue weighted by Crippen LogP contribution is 2.48. The van der Waals surface area contributed by atoms with Gasteiger partial charge in [-0.2, -0.15) is 0 Å². The summed E-state index contributed by atoms with van der Waals surface area (Å²) >= 11 is 0. The fourth-order valence-electron chi connectivity index (χ4n) is 4.25. The van der Waals surface area contributed by atoms with E-state index in [-0.39, 0.29) is 17.2 Å². The van der Waals surface area contributed by atoms with E-state index in [0.29, 0.717) is 11.8 Å². The average Bonchev–Trinajstić information content (AvgIpc) is 3.11. The highest BCUT2D eigenvalue weighted by molar-refractivity contribution is 5.95. The highest BCUT2D eigenvalue weighted by atomic mass is 16.4. The fraction of sp³-hybridized carbons (Fsp3) is 0.526. The summed E-state index contributed by atoms with van der Waals surface area (Å²) < 4.78 is 5.70. The number of hydrogen-bond acceptors (Lipinski definition) is 5. The molecule has 0 N–H and O–H groups in total. The van der Waals surface area contributed by atoms with Crippen molar-refractivity contribution in [3.05, 3.63) is 46.7 Å². The SMILES string of the molecule is Cc1nnc(C2CN(C)CC23CN(C(=O)c2ccc(C)c(C)c2)C3)o1. The van der Waals surface area contributed by atoms with Crippen molar-refractivity contribution in [2.45, 2.75) is 26.7 Å². The van der Waals surface area contributed by atoms with Gasteiger partial charge in [-0.15, -0.1) is 10.2 Å². The highest BCUT2D eigenvalue weighted by Gasteiger charge is 2.56. The van der Waals surface area contributed by atoms with Crippen LogP contribution in [0.4, 0.5) is 0 Å². The summed E-state index contributed by atoms with van der Waals surface area (Å²) in [6, 6.07) is 5.93. The zero-order valence-electron chi connectivity index (χ0n) is 15.2. The zero-order chi connectivity index (χ0) is 17.8. The molecule has 1 unspecified atom stereocenters. The number of likely N-dealkylation sites (N-methyl/N-ethyl adjacent to an activating group) is 1. The maximum Gasteiger partial charge on any atom is 0.253 e. The zero-order valence-corrected chi connectivity index (χ0v) is 15.2. The average molecular weight is 340 g/mol. The summed E-state index contributed by atoms with van der Waals surface area (Å²) in [4.78, 5) is 17.1. The van der Waals surface area contributed by atoms with E-state index < -0.39 is 0 Å². The Kier molecular flexibility index (Phi) is 3.68. The number of aryl methyl sites for hydroxylation is 3. The van der Waals surface area contributed by atoms with Gasteiger partial charge in [0.05, 0.1) is 5.92 Å². The number of carbonyl (C=O) groups excluding carboxylic acids is 1. The minimum Gasteiger partial charge on any atom is -0.425 e. The van der Waals surface area contributed by atoms with E-state index in [1.807, 2.05) is 36.9 Å². The van der Waals surface area contributed by atoms with Crippen molar-refractivity contribution in [3.8, 4) is 0 Å². The van der Waals surface area contributed by atoms with Gasteiger partial charge in [0.25, 0.3) is 5.91 Å². The molecule has 4 rings (SSSR count). The van der Waals surface area contributed by atoms with Gasteiger partial charge in [0.1, 0.15) is 0 Å². The lowest BCUT2D eigenvalue weighted by molar-refractivity contribution is 0.000484. The van der Waals surface area contributed by atoms with Crippen LogP contribution in [0.5, 0.6) is 0 Å². The topological polar surface area (TPSA) is 62.5 Å². The van der Waals surface area contributed by atoms with Gasteiger partial charge in [-0.1, -0.05) is 6.07 Å². The van der Waals surface area contributed by atoms with E-state index >= 15 is 0 Å². The van der Waals surface area contributed by atoms with E-state index in [9.17, 15) is 4.79 Å². The maximum atomic E-state index is 12.8. The third kappa shape index (κ3) is 2.65. The Morgan fingerprint density at radius 2 is 1.92 bits per heavy atom. The quantitative estimate of drug-likeness (QED) is 0.838. The summed E-state index contributed by atoms with van der Waals surface area (Å²) in [5.74, 6) is 1.62. The molecule has 0 bridgehead atoms. The monoisotopic (exact) mass is 340 g/mol. The standard InChI is InChI=1S/C19H24N4O2/c1-12-5-6-15(7-13(12)2)18(24)23-10-19(11-23)9-22(4)8-16(19)17-21-20-14(3)25-17/h5-7,16H,8-11H2,1-4H3. The molecule has 0 saturated carbocycles. The second-order valence-corrected chi connectivity index (χ2v) is 7.73. The maximum absolute atomic E-state index is 12.8. The number of rotatable bonds is 2. The van der Waals surface area contributed by atoms with Crippen molar-refractivity contribution in [1.82, 2.24) is 20.0 Å².